The molecule has 0 saturated heterocycles. The van der Waals surface area contributed by atoms with Gasteiger partial charge in [0.05, 0.1) is 18.8 Å². The number of rotatable bonds is 7. The number of hydrogen-bond donors (Lipinski definition) is 0. The Balaban J connectivity index is 2.33. The summed E-state index contributed by atoms with van der Waals surface area (Å²) in [5, 5.41) is 0. The molecule has 0 atom stereocenters. The van der Waals surface area contributed by atoms with Crippen LogP contribution in [0.1, 0.15) is 12.5 Å². The third-order valence-corrected chi connectivity index (χ3v) is 2.20. The molecular weight excluding hydrogens is 232 g/mol. The van der Waals surface area contributed by atoms with Crippen molar-refractivity contribution in [1.29, 1.82) is 0 Å². The quantitative estimate of drug-likeness (QED) is 0.320. The summed E-state index contributed by atoms with van der Waals surface area (Å²) in [6.07, 6.45) is 0. The fourth-order valence-electron chi connectivity index (χ4n) is 1.25. The predicted octanol–water partition coefficient (Wildman–Crippen LogP) is 1.89. The topological polar surface area (TPSA) is 52.6 Å². The lowest BCUT2D eigenvalue weighted by molar-refractivity contribution is -0.140. The lowest BCUT2D eigenvalue weighted by Gasteiger charge is -2.05. The summed E-state index contributed by atoms with van der Waals surface area (Å²) in [6.45, 7) is 5.43. The first-order valence-electron chi connectivity index (χ1n) is 5.66. The van der Waals surface area contributed by atoms with Crippen molar-refractivity contribution in [3.63, 3.8) is 0 Å². The number of esters is 1. The van der Waals surface area contributed by atoms with E-state index in [1.54, 1.807) is 6.92 Å². The van der Waals surface area contributed by atoms with E-state index in [2.05, 4.69) is 11.3 Å². The molecule has 0 aromatic heterocycles. The summed E-state index contributed by atoms with van der Waals surface area (Å²) in [4.78, 5) is 22.7. The smallest absolute Gasteiger partial charge is 0.341 e. The van der Waals surface area contributed by atoms with Gasteiger partial charge in [-0.2, -0.15) is 0 Å². The van der Waals surface area contributed by atoms with Gasteiger partial charge in [-0.25, -0.2) is 4.79 Å². The Bertz CT molecular complexity index is 423. The number of Topliss-reactive ketones (excluding diaryl/α,β-unsaturated/α-hetero) is 1. The molecule has 0 spiro atoms. The van der Waals surface area contributed by atoms with Crippen LogP contribution in [0.25, 0.3) is 0 Å². The highest BCUT2D eigenvalue weighted by molar-refractivity contribution is 6.17. The number of carbonyl (C=O) groups excluding carboxylic acids is 2. The van der Waals surface area contributed by atoms with Gasteiger partial charge in [-0.15, -0.1) is 0 Å². The fraction of sp³-hybridized carbons (Fsp3) is 0.286. The second kappa shape index (κ2) is 7.40. The monoisotopic (exact) mass is 248 g/mol. The molecular formula is C14H16O4. The minimum absolute atomic E-state index is 0.174. The molecule has 96 valence electrons. The van der Waals surface area contributed by atoms with Crippen molar-refractivity contribution in [1.82, 2.24) is 0 Å². The van der Waals surface area contributed by atoms with Crippen LogP contribution in [0.15, 0.2) is 42.5 Å². The first-order valence-corrected chi connectivity index (χ1v) is 5.66. The molecule has 1 aromatic rings. The van der Waals surface area contributed by atoms with E-state index in [9.17, 15) is 9.59 Å². The average molecular weight is 248 g/mol. The molecule has 0 fully saturated rings. The van der Waals surface area contributed by atoms with Crippen LogP contribution in [0.2, 0.25) is 0 Å². The molecule has 0 aliphatic rings. The third-order valence-electron chi connectivity index (χ3n) is 2.20. The van der Waals surface area contributed by atoms with E-state index in [0.29, 0.717) is 6.61 Å². The summed E-state index contributed by atoms with van der Waals surface area (Å²) < 4.78 is 9.89. The Labute approximate surface area is 106 Å². The second-order valence-corrected chi connectivity index (χ2v) is 3.60. The lowest BCUT2D eigenvalue weighted by Crippen LogP contribution is -2.19. The van der Waals surface area contributed by atoms with Gasteiger partial charge in [0, 0.05) is 0 Å². The van der Waals surface area contributed by atoms with E-state index in [1.165, 1.54) is 0 Å². The van der Waals surface area contributed by atoms with Crippen molar-refractivity contribution < 1.29 is 19.1 Å². The highest BCUT2D eigenvalue weighted by atomic mass is 16.5. The molecule has 4 heteroatoms. The Hall–Kier alpha value is -1.94. The van der Waals surface area contributed by atoms with E-state index in [-0.39, 0.29) is 18.8 Å². The summed E-state index contributed by atoms with van der Waals surface area (Å²) >= 11 is 0. The van der Waals surface area contributed by atoms with Crippen molar-refractivity contribution in [3.8, 4) is 0 Å². The molecule has 0 heterocycles. The van der Waals surface area contributed by atoms with Gasteiger partial charge >= 0.3 is 5.97 Å². The van der Waals surface area contributed by atoms with Crippen molar-refractivity contribution in [3.05, 3.63) is 48.0 Å². The van der Waals surface area contributed by atoms with Crippen molar-refractivity contribution >= 4 is 11.8 Å². The number of carbonyl (C=O) groups is 2. The van der Waals surface area contributed by atoms with E-state index < -0.39 is 11.8 Å². The number of ketones is 1. The molecule has 0 N–H and O–H groups in total. The average Bonchev–Trinajstić information content (AvgIpc) is 2.39. The molecule has 0 bridgehead atoms. The van der Waals surface area contributed by atoms with E-state index >= 15 is 0 Å². The predicted molar refractivity (Wildman–Crippen MR) is 66.9 cm³/mol. The zero-order chi connectivity index (χ0) is 13.4. The largest absolute Gasteiger partial charge is 0.462 e. The Kier molecular flexibility index (Phi) is 5.80. The zero-order valence-electron chi connectivity index (χ0n) is 10.3. The Morgan fingerprint density at radius 3 is 2.50 bits per heavy atom. The minimum Gasteiger partial charge on any atom is -0.462 e. The van der Waals surface area contributed by atoms with E-state index in [0.717, 1.165) is 5.56 Å². The first kappa shape index (κ1) is 14.1. The van der Waals surface area contributed by atoms with Gasteiger partial charge < -0.3 is 9.47 Å². The molecule has 0 aliphatic carbocycles. The summed E-state index contributed by atoms with van der Waals surface area (Å²) in [6, 6.07) is 9.46. The van der Waals surface area contributed by atoms with Crippen LogP contribution < -0.4 is 0 Å². The van der Waals surface area contributed by atoms with Crippen LogP contribution >= 0.6 is 0 Å². The maximum Gasteiger partial charge on any atom is 0.341 e. The van der Waals surface area contributed by atoms with Gasteiger partial charge in [-0.3, -0.25) is 4.79 Å². The minimum atomic E-state index is -0.689. The molecule has 0 unspecified atom stereocenters. The number of benzene rings is 1. The first-order chi connectivity index (χ1) is 8.65. The van der Waals surface area contributed by atoms with Gasteiger partial charge in [-0.1, -0.05) is 36.9 Å². The molecule has 0 amide bonds. The standard InChI is InChI=1S/C14H16O4/c1-3-18-14(16)11(2)13(15)10-17-9-12-7-5-4-6-8-12/h4-8H,2-3,9-10H2,1H3. The lowest BCUT2D eigenvalue weighted by atomic mass is 10.2. The van der Waals surface area contributed by atoms with E-state index in [4.69, 9.17) is 4.74 Å². The maximum absolute atomic E-state index is 11.5. The zero-order valence-corrected chi connectivity index (χ0v) is 10.3. The van der Waals surface area contributed by atoms with Crippen molar-refractivity contribution in [2.75, 3.05) is 13.2 Å². The van der Waals surface area contributed by atoms with E-state index in [1.807, 2.05) is 30.3 Å². The van der Waals surface area contributed by atoms with Crippen molar-refractivity contribution in [2.24, 2.45) is 0 Å². The van der Waals surface area contributed by atoms with Gasteiger partial charge in [0.15, 0.2) is 5.78 Å². The third kappa shape index (κ3) is 4.51. The Morgan fingerprint density at radius 2 is 1.89 bits per heavy atom. The van der Waals surface area contributed by atoms with Crippen LogP contribution in [0.3, 0.4) is 0 Å². The van der Waals surface area contributed by atoms with Crippen molar-refractivity contribution in [2.45, 2.75) is 13.5 Å². The molecule has 0 aliphatic heterocycles. The fourth-order valence-corrected chi connectivity index (χ4v) is 1.25. The summed E-state index contributed by atoms with van der Waals surface area (Å²) in [5.41, 5.74) is 0.789. The van der Waals surface area contributed by atoms with Crippen LogP contribution in [0, 0.1) is 0 Å². The van der Waals surface area contributed by atoms with Crippen LogP contribution in [-0.4, -0.2) is 25.0 Å². The van der Waals surface area contributed by atoms with Crippen LogP contribution in [0.5, 0.6) is 0 Å². The van der Waals surface area contributed by atoms with Crippen LogP contribution in [-0.2, 0) is 25.7 Å². The van der Waals surface area contributed by atoms with Gasteiger partial charge in [0.2, 0.25) is 0 Å². The SMILES string of the molecule is C=C(C(=O)COCc1ccccc1)C(=O)OCC. The van der Waals surface area contributed by atoms with Gasteiger partial charge in [0.25, 0.3) is 0 Å². The van der Waals surface area contributed by atoms with Gasteiger partial charge in [0.1, 0.15) is 6.61 Å². The highest BCUT2D eigenvalue weighted by Crippen LogP contribution is 2.02. The Morgan fingerprint density at radius 1 is 1.22 bits per heavy atom. The molecule has 1 rings (SSSR count). The number of ether oxygens (including phenoxy) is 2. The number of hydrogen-bond acceptors (Lipinski definition) is 4. The highest BCUT2D eigenvalue weighted by Gasteiger charge is 2.16. The molecule has 4 nitrogen and oxygen atoms in total. The normalized spacial score (nSPS) is 9.83. The molecule has 0 radical (unpaired) electrons. The molecule has 18 heavy (non-hydrogen) atoms. The molecule has 1 aromatic carbocycles. The molecule has 0 saturated carbocycles. The summed E-state index contributed by atoms with van der Waals surface area (Å²) in [5.74, 6) is -1.14. The van der Waals surface area contributed by atoms with Gasteiger partial charge in [-0.05, 0) is 12.5 Å². The maximum atomic E-state index is 11.5. The van der Waals surface area contributed by atoms with Crippen LogP contribution in [0.4, 0.5) is 0 Å². The summed E-state index contributed by atoms with van der Waals surface area (Å²) in [7, 11) is 0. The second-order valence-electron chi connectivity index (χ2n) is 3.60.